The summed E-state index contributed by atoms with van der Waals surface area (Å²) in [6.07, 6.45) is -1.85. The average Bonchev–Trinajstić information content (AvgIpc) is 0.819. The Morgan fingerprint density at radius 1 is 0.488 bits per heavy atom. The van der Waals surface area contributed by atoms with Gasteiger partial charge in [0.15, 0.2) is 27.0 Å². The van der Waals surface area contributed by atoms with Crippen LogP contribution < -0.4 is 46.6 Å². The predicted molar refractivity (Wildman–Crippen MR) is 475 cm³/mol. The minimum absolute atomic E-state index is 0.0324. The number of alkyl halides is 10. The van der Waals surface area contributed by atoms with E-state index < -0.39 is 48.6 Å². The molecule has 674 valence electrons. The van der Waals surface area contributed by atoms with E-state index in [0.717, 1.165) is 33.5 Å². The SMILES string of the molecule is COC1C=CC(B(O)O)=CN1.COc1ccc(-c2cc(C)nc(Cl)n2)cn1.COc1ccc(-c2cc(C)nc(SCC(F)(F)F)n2)cn1.COc1ccc(Cn2cc(-c3cc(C)nc(SCC(F)(F)F)n3)ccc2=O)cc1OC.Cc1cc(-c2ccc(=O)[nH]c2)nc(SCC(F)(F)F)n1.Cc1cc(=O)[nH]c(=O)[nH]1.Cc1cc(Cl)nc(Cl)n1.Cc1ccc(CBr)cc1C. The Hall–Kier alpha value is -11.1. The molecule has 1 unspecified atom stereocenters. The summed E-state index contributed by atoms with van der Waals surface area (Å²) in [5, 5.41) is 22.1. The van der Waals surface area contributed by atoms with Crippen molar-refractivity contribution in [1.82, 2.24) is 84.6 Å². The molecule has 10 aromatic heterocycles. The zero-order valence-electron chi connectivity index (χ0n) is 69.8. The molecule has 13 rings (SSSR count). The minimum Gasteiger partial charge on any atom is -0.493 e. The fourth-order valence-electron chi connectivity index (χ4n) is 10.00. The number of halogens is 13. The summed E-state index contributed by atoms with van der Waals surface area (Å²) in [6.45, 7) is 14.9. The summed E-state index contributed by atoms with van der Waals surface area (Å²) < 4.78 is 138. The number of allylic oxidation sites excluding steroid dienone is 2. The summed E-state index contributed by atoms with van der Waals surface area (Å²) in [7, 11) is 6.29. The van der Waals surface area contributed by atoms with Gasteiger partial charge in [0.25, 0.3) is 11.1 Å². The van der Waals surface area contributed by atoms with Crippen LogP contribution in [-0.2, 0) is 16.6 Å². The summed E-state index contributed by atoms with van der Waals surface area (Å²) in [6, 6.07) is 34.6. The number of hydrogen-bond donors (Lipinski definition) is 6. The number of aromatic nitrogens is 16. The number of H-pyrrole nitrogens is 3. The van der Waals surface area contributed by atoms with Crippen LogP contribution in [0, 0.1) is 55.4 Å². The van der Waals surface area contributed by atoms with Crippen LogP contribution in [0.15, 0.2) is 205 Å². The second kappa shape index (κ2) is 51.0. The first-order valence-corrected chi connectivity index (χ1v) is 42.0. The van der Waals surface area contributed by atoms with E-state index in [1.807, 2.05) is 30.1 Å². The number of thioether (sulfide) groups is 3. The van der Waals surface area contributed by atoms with Crippen LogP contribution in [0.25, 0.3) is 45.0 Å². The molecule has 2 aromatic carbocycles. The van der Waals surface area contributed by atoms with Crippen LogP contribution in [0.1, 0.15) is 56.4 Å². The van der Waals surface area contributed by atoms with Crippen molar-refractivity contribution in [2.24, 2.45) is 0 Å². The average molecular weight is 1950 g/mol. The van der Waals surface area contributed by atoms with E-state index in [-0.39, 0.29) is 55.5 Å². The standard InChI is InChI=1S/C21H20F3N3O3S.C13H12F3N3OS.C12H10F3N3OS.C11H10ClN3O.C9H11Br.C6H10BNO3.C5H4Cl2N2.C5H6N2O2/c1-13-8-16(26-20(25-13)31-12-21(22,23)24)15-5-7-19(28)27(11-15)10-14-4-6-17(29-2)18(9-14)30-3;1-8-5-10(9-3-4-11(20-2)17-6-9)19-12(18-8)21-7-13(14,15)16;1-7-4-9(8-2-3-10(19)16-5-8)18-11(17-7)20-6-12(13,14)15;1-7-5-9(15-11(12)14-7)8-3-4-10(16-2)13-6-8;1-7-3-4-9(6-10)5-8(7)2;1-11-6-3-2-5(4-8-6)7(9)10;1-3-2-4(6)9-5(7)8-3;1-3-2-4(8)7-5(9)6-3/h4-9,11H,10,12H2,1-3H3;3-6H,7H2,1-2H3;2-5H,6H2,1H3,(H,16,19);3-6H,1-2H3;3-5H,6H2,1-2H3;2-4,6,8-10H,1H3;2H,1H3;2H,1H3,(H2,6,7,8,9). The third-order valence-corrected chi connectivity index (χ3v) is 19.8. The van der Waals surface area contributed by atoms with Gasteiger partial charge in [-0.25, -0.2) is 64.6 Å². The highest BCUT2D eigenvalue weighted by molar-refractivity contribution is 9.08. The number of nitrogens with one attached hydrogen (secondary N) is 4. The zero-order valence-corrected chi connectivity index (χ0v) is 76.1. The van der Waals surface area contributed by atoms with E-state index in [9.17, 15) is 58.7 Å². The number of hydrogen-bond acceptors (Lipinski definition) is 27. The maximum atomic E-state index is 12.5. The van der Waals surface area contributed by atoms with Gasteiger partial charge in [-0.05, 0) is 185 Å². The molecule has 11 heterocycles. The number of dihydropyridines is 1. The molecule has 0 saturated carbocycles. The van der Waals surface area contributed by atoms with Crippen molar-refractivity contribution in [3.05, 3.63) is 284 Å². The number of rotatable bonds is 19. The van der Waals surface area contributed by atoms with Gasteiger partial charge in [-0.15, -0.1) is 0 Å². The van der Waals surface area contributed by atoms with Crippen molar-refractivity contribution in [1.29, 1.82) is 0 Å². The van der Waals surface area contributed by atoms with E-state index in [1.165, 1.54) is 73.2 Å². The molecule has 1 aliphatic heterocycles. The quantitative estimate of drug-likeness (QED) is 0.0109. The molecule has 0 aliphatic carbocycles. The van der Waals surface area contributed by atoms with Crippen molar-refractivity contribution in [2.75, 3.05) is 52.8 Å². The van der Waals surface area contributed by atoms with Crippen LogP contribution in [0.3, 0.4) is 0 Å². The fourth-order valence-corrected chi connectivity index (χ4v) is 13.1. The highest BCUT2D eigenvalue weighted by Gasteiger charge is 2.30. The molecule has 0 spiro atoms. The van der Waals surface area contributed by atoms with Gasteiger partial charge in [-0.2, -0.15) is 39.5 Å². The maximum absolute atomic E-state index is 12.5. The summed E-state index contributed by atoms with van der Waals surface area (Å²) in [5.41, 5.74) is 12.9. The molecule has 0 bridgehead atoms. The van der Waals surface area contributed by atoms with Crippen molar-refractivity contribution >= 4 is 93.1 Å². The molecular formula is C82H83BBrCl3F9N17O11S3. The normalized spacial score (nSPS) is 11.9. The van der Waals surface area contributed by atoms with Crippen LogP contribution in [-0.4, -0.2) is 174 Å². The van der Waals surface area contributed by atoms with Crippen LogP contribution >= 0.6 is 86.0 Å². The molecule has 0 radical (unpaired) electrons. The molecule has 1 aliphatic rings. The third-order valence-electron chi connectivity index (χ3n) is 15.9. The number of methoxy groups -OCH3 is 5. The Morgan fingerprint density at radius 2 is 0.961 bits per heavy atom. The maximum Gasteiger partial charge on any atom is 0.489 e. The Kier molecular flexibility index (Phi) is 42.1. The van der Waals surface area contributed by atoms with Crippen LogP contribution in [0.4, 0.5) is 39.5 Å². The number of pyridine rings is 4. The number of aryl methyl sites for hydroxylation is 8. The first-order chi connectivity index (χ1) is 59.9. The van der Waals surface area contributed by atoms with Gasteiger partial charge in [0, 0.05) is 124 Å². The Bertz CT molecular complexity index is 5800. The highest BCUT2D eigenvalue weighted by atomic mass is 79.9. The second-order valence-corrected chi connectivity index (χ2v) is 30.7. The summed E-state index contributed by atoms with van der Waals surface area (Å²) in [4.78, 5) is 99.3. The lowest BCUT2D eigenvalue weighted by Gasteiger charge is -2.16. The zero-order chi connectivity index (χ0) is 93.9. The lowest BCUT2D eigenvalue weighted by Crippen LogP contribution is -2.29. The van der Waals surface area contributed by atoms with Crippen molar-refractivity contribution in [3.63, 3.8) is 0 Å². The summed E-state index contributed by atoms with van der Waals surface area (Å²) >= 11 is 21.8. The molecule has 0 amide bonds. The van der Waals surface area contributed by atoms with Crippen molar-refractivity contribution < 1.29 is 73.2 Å². The first-order valence-electron chi connectivity index (χ1n) is 36.8. The van der Waals surface area contributed by atoms with E-state index in [1.54, 1.807) is 146 Å². The monoisotopic (exact) mass is 1940 g/mol. The summed E-state index contributed by atoms with van der Waals surface area (Å²) in [5.74, 6) is -0.987. The smallest absolute Gasteiger partial charge is 0.489 e. The number of benzene rings is 2. The van der Waals surface area contributed by atoms with E-state index >= 15 is 0 Å². The molecule has 127 heavy (non-hydrogen) atoms. The van der Waals surface area contributed by atoms with E-state index in [4.69, 9.17) is 68.5 Å². The second-order valence-electron chi connectivity index (χ2n) is 26.2. The van der Waals surface area contributed by atoms with E-state index in [2.05, 4.69) is 123 Å². The highest BCUT2D eigenvalue weighted by Crippen LogP contribution is 2.33. The Morgan fingerprint density at radius 3 is 1.36 bits per heavy atom. The van der Waals surface area contributed by atoms with Crippen LogP contribution in [0.5, 0.6) is 23.3 Å². The van der Waals surface area contributed by atoms with Gasteiger partial charge in [-0.3, -0.25) is 19.4 Å². The molecule has 12 aromatic rings. The minimum atomic E-state index is -4.31. The first kappa shape index (κ1) is 105. The molecule has 0 fully saturated rings. The van der Waals surface area contributed by atoms with Crippen molar-refractivity contribution in [3.8, 4) is 68.3 Å². The largest absolute Gasteiger partial charge is 0.493 e. The Balaban J connectivity index is 0.000000233. The molecule has 28 nitrogen and oxygen atoms in total. The number of ether oxygens (including phenoxy) is 5. The van der Waals surface area contributed by atoms with Gasteiger partial charge in [0.2, 0.25) is 27.9 Å². The van der Waals surface area contributed by atoms with Crippen molar-refractivity contribution in [2.45, 2.75) is 107 Å². The lowest BCUT2D eigenvalue weighted by molar-refractivity contribution is -0.106. The molecule has 6 N–H and O–H groups in total. The topological polar surface area (TPSA) is 374 Å². The molecule has 1 atom stereocenters. The van der Waals surface area contributed by atoms with Gasteiger partial charge < -0.3 is 53.6 Å². The number of aromatic amines is 3. The predicted octanol–water partition coefficient (Wildman–Crippen LogP) is 16.8. The van der Waals surface area contributed by atoms with E-state index in [0.29, 0.717) is 126 Å². The van der Waals surface area contributed by atoms with Gasteiger partial charge in [-0.1, -0.05) is 93.2 Å². The molecule has 45 heteroatoms. The Labute approximate surface area is 758 Å². The van der Waals surface area contributed by atoms with Crippen LogP contribution in [0.2, 0.25) is 15.7 Å². The molecule has 0 saturated heterocycles. The molecular weight excluding hydrogens is 1860 g/mol. The lowest BCUT2D eigenvalue weighted by atomic mass is 9.79. The number of nitrogens with zero attached hydrogens (tertiary/aromatic N) is 13. The third kappa shape index (κ3) is 39.0. The fraction of sp³-hybridized carbons (Fsp3) is 0.268. The van der Waals surface area contributed by atoms with Gasteiger partial charge in [0.05, 0.1) is 75.0 Å². The van der Waals surface area contributed by atoms with Gasteiger partial charge in [0.1, 0.15) is 11.4 Å². The van der Waals surface area contributed by atoms with Gasteiger partial charge >= 0.3 is 31.3 Å².